The maximum atomic E-state index is 12.5. The van der Waals surface area contributed by atoms with Crippen LogP contribution in [-0.2, 0) is 4.74 Å². The van der Waals surface area contributed by atoms with E-state index >= 15 is 0 Å². The molecule has 0 aliphatic carbocycles. The van der Waals surface area contributed by atoms with Crippen LogP contribution in [0, 0.1) is 0 Å². The summed E-state index contributed by atoms with van der Waals surface area (Å²) >= 11 is 0. The first-order valence-electron chi connectivity index (χ1n) is 6.63. The molecule has 0 saturated carbocycles. The zero-order valence-electron chi connectivity index (χ0n) is 12.0. The number of hydrogen-bond donors (Lipinski definition) is 2. The van der Waals surface area contributed by atoms with E-state index in [0.717, 1.165) is 12.8 Å². The standard InChI is InChI=1S/C13H21N3O4/c1-4-9(5-2)16(6-7-20-3)12(17)10-11(13(18)19)15-8-14-10/h8-9H,4-7H2,1-3H3,(H,14,15)(H,18,19). The Labute approximate surface area is 118 Å². The van der Waals surface area contributed by atoms with Crippen LogP contribution in [0.4, 0.5) is 0 Å². The minimum Gasteiger partial charge on any atom is -0.477 e. The van der Waals surface area contributed by atoms with Crippen molar-refractivity contribution in [2.45, 2.75) is 32.7 Å². The lowest BCUT2D eigenvalue weighted by molar-refractivity contribution is 0.0569. The number of hydrogen-bond acceptors (Lipinski definition) is 4. The van der Waals surface area contributed by atoms with Crippen LogP contribution in [0.2, 0.25) is 0 Å². The molecule has 7 heteroatoms. The first-order valence-corrected chi connectivity index (χ1v) is 6.63. The Morgan fingerprint density at radius 1 is 1.45 bits per heavy atom. The van der Waals surface area contributed by atoms with E-state index in [1.807, 2.05) is 13.8 Å². The molecule has 2 N–H and O–H groups in total. The van der Waals surface area contributed by atoms with E-state index < -0.39 is 5.97 Å². The van der Waals surface area contributed by atoms with Crippen LogP contribution in [0.3, 0.4) is 0 Å². The third kappa shape index (κ3) is 3.57. The highest BCUT2D eigenvalue weighted by Gasteiger charge is 2.27. The fourth-order valence-corrected chi connectivity index (χ4v) is 2.12. The van der Waals surface area contributed by atoms with Crippen LogP contribution >= 0.6 is 0 Å². The van der Waals surface area contributed by atoms with Gasteiger partial charge in [0.15, 0.2) is 11.4 Å². The van der Waals surface area contributed by atoms with E-state index in [1.54, 1.807) is 12.0 Å². The summed E-state index contributed by atoms with van der Waals surface area (Å²) in [6, 6.07) is 0.0380. The zero-order chi connectivity index (χ0) is 15.1. The molecule has 0 saturated heterocycles. The summed E-state index contributed by atoms with van der Waals surface area (Å²) < 4.78 is 5.02. The summed E-state index contributed by atoms with van der Waals surface area (Å²) in [4.78, 5) is 31.5. The number of aromatic amines is 1. The predicted octanol–water partition coefficient (Wildman–Crippen LogP) is 1.39. The van der Waals surface area contributed by atoms with Crippen molar-refractivity contribution in [3.05, 3.63) is 17.7 Å². The van der Waals surface area contributed by atoms with Crippen LogP contribution in [-0.4, -0.2) is 58.2 Å². The molecule has 1 rings (SSSR count). The third-order valence-corrected chi connectivity index (χ3v) is 3.24. The maximum Gasteiger partial charge on any atom is 0.354 e. The molecule has 1 amide bonds. The number of carboxylic acids is 1. The van der Waals surface area contributed by atoms with Crippen LogP contribution in [0.15, 0.2) is 6.33 Å². The van der Waals surface area contributed by atoms with Gasteiger partial charge in [0.2, 0.25) is 0 Å². The first-order chi connectivity index (χ1) is 9.56. The van der Waals surface area contributed by atoms with Gasteiger partial charge in [0, 0.05) is 19.7 Å². The van der Waals surface area contributed by atoms with Gasteiger partial charge >= 0.3 is 5.97 Å². The van der Waals surface area contributed by atoms with Gasteiger partial charge in [0.05, 0.1) is 12.9 Å². The zero-order valence-corrected chi connectivity index (χ0v) is 12.0. The topological polar surface area (TPSA) is 95.5 Å². The predicted molar refractivity (Wildman–Crippen MR) is 72.8 cm³/mol. The van der Waals surface area contributed by atoms with Gasteiger partial charge in [0.1, 0.15) is 0 Å². The minimum atomic E-state index is -1.19. The molecule has 0 aromatic carbocycles. The third-order valence-electron chi connectivity index (χ3n) is 3.24. The van der Waals surface area contributed by atoms with Crippen molar-refractivity contribution >= 4 is 11.9 Å². The SMILES string of the molecule is CCC(CC)N(CCOC)C(=O)c1nc[nH]c1C(=O)O. The number of nitrogens with one attached hydrogen (secondary N) is 1. The molecule has 0 unspecified atom stereocenters. The molecule has 20 heavy (non-hydrogen) atoms. The normalized spacial score (nSPS) is 10.8. The molecule has 0 spiro atoms. The maximum absolute atomic E-state index is 12.5. The summed E-state index contributed by atoms with van der Waals surface area (Å²) in [5, 5.41) is 9.05. The Morgan fingerprint density at radius 2 is 2.10 bits per heavy atom. The van der Waals surface area contributed by atoms with Crippen molar-refractivity contribution in [2.75, 3.05) is 20.3 Å². The first kappa shape index (κ1) is 16.2. The summed E-state index contributed by atoms with van der Waals surface area (Å²) in [6.45, 7) is 4.79. The Balaban J connectivity index is 3.02. The van der Waals surface area contributed by atoms with Crippen molar-refractivity contribution < 1.29 is 19.4 Å². The van der Waals surface area contributed by atoms with Gasteiger partial charge in [-0.2, -0.15) is 0 Å². The van der Waals surface area contributed by atoms with E-state index in [-0.39, 0.29) is 23.3 Å². The molecule has 0 bridgehead atoms. The summed E-state index contributed by atoms with van der Waals surface area (Å²) in [7, 11) is 1.56. The molecule has 1 heterocycles. The number of imidazole rings is 1. The lowest BCUT2D eigenvalue weighted by atomic mass is 10.1. The number of methoxy groups -OCH3 is 1. The molecular weight excluding hydrogens is 262 g/mol. The highest BCUT2D eigenvalue weighted by molar-refractivity contribution is 6.02. The number of nitrogens with zero attached hydrogens (tertiary/aromatic N) is 2. The molecule has 112 valence electrons. The van der Waals surface area contributed by atoms with E-state index in [4.69, 9.17) is 9.84 Å². The average molecular weight is 283 g/mol. The molecule has 7 nitrogen and oxygen atoms in total. The quantitative estimate of drug-likeness (QED) is 0.751. The summed E-state index contributed by atoms with van der Waals surface area (Å²) in [5.41, 5.74) is -0.233. The monoisotopic (exact) mass is 283 g/mol. The number of carbonyl (C=O) groups excluding carboxylic acids is 1. The molecule has 1 aromatic heterocycles. The molecule has 0 aliphatic rings. The molecule has 0 fully saturated rings. The van der Waals surface area contributed by atoms with Crippen LogP contribution < -0.4 is 0 Å². The van der Waals surface area contributed by atoms with Gasteiger partial charge in [-0.15, -0.1) is 0 Å². The van der Waals surface area contributed by atoms with Crippen molar-refractivity contribution in [1.82, 2.24) is 14.9 Å². The van der Waals surface area contributed by atoms with Crippen LogP contribution in [0.25, 0.3) is 0 Å². The smallest absolute Gasteiger partial charge is 0.354 e. The van der Waals surface area contributed by atoms with Crippen molar-refractivity contribution in [1.29, 1.82) is 0 Å². The van der Waals surface area contributed by atoms with E-state index in [9.17, 15) is 9.59 Å². The lowest BCUT2D eigenvalue weighted by Crippen LogP contribution is -2.42. The number of aromatic nitrogens is 2. The molecule has 0 radical (unpaired) electrons. The number of carboxylic acid groups (broad SMARTS) is 1. The number of carbonyl (C=O) groups is 2. The second kappa shape index (κ2) is 7.64. The number of rotatable bonds is 8. The molecule has 1 aromatic rings. The van der Waals surface area contributed by atoms with Gasteiger partial charge in [-0.1, -0.05) is 13.8 Å². The Bertz CT molecular complexity index is 454. The van der Waals surface area contributed by atoms with E-state index in [0.29, 0.717) is 13.2 Å². The largest absolute Gasteiger partial charge is 0.477 e. The fraction of sp³-hybridized carbons (Fsp3) is 0.615. The second-order valence-electron chi connectivity index (χ2n) is 4.39. The molecular formula is C13H21N3O4. The van der Waals surface area contributed by atoms with Crippen LogP contribution in [0.5, 0.6) is 0 Å². The highest BCUT2D eigenvalue weighted by atomic mass is 16.5. The van der Waals surface area contributed by atoms with Crippen molar-refractivity contribution in [3.8, 4) is 0 Å². The Kier molecular flexibility index (Phi) is 6.17. The lowest BCUT2D eigenvalue weighted by Gasteiger charge is -2.30. The van der Waals surface area contributed by atoms with Gasteiger partial charge in [-0.05, 0) is 12.8 Å². The van der Waals surface area contributed by atoms with E-state index in [1.165, 1.54) is 6.33 Å². The summed E-state index contributed by atoms with van der Waals surface area (Å²) in [5.74, 6) is -1.57. The van der Waals surface area contributed by atoms with Gasteiger partial charge in [-0.25, -0.2) is 9.78 Å². The highest BCUT2D eigenvalue weighted by Crippen LogP contribution is 2.14. The number of amides is 1. The second-order valence-corrected chi connectivity index (χ2v) is 4.39. The van der Waals surface area contributed by atoms with Crippen LogP contribution in [0.1, 0.15) is 47.7 Å². The fourth-order valence-electron chi connectivity index (χ4n) is 2.12. The molecule has 0 atom stereocenters. The number of H-pyrrole nitrogens is 1. The summed E-state index contributed by atoms with van der Waals surface area (Å²) in [6.07, 6.45) is 2.80. The van der Waals surface area contributed by atoms with Crippen molar-refractivity contribution in [3.63, 3.8) is 0 Å². The van der Waals surface area contributed by atoms with Gasteiger partial charge in [0.25, 0.3) is 5.91 Å². The van der Waals surface area contributed by atoms with E-state index in [2.05, 4.69) is 9.97 Å². The van der Waals surface area contributed by atoms with Gasteiger partial charge < -0.3 is 19.7 Å². The molecule has 0 aliphatic heterocycles. The number of aromatic carboxylic acids is 1. The Morgan fingerprint density at radius 3 is 2.60 bits per heavy atom. The number of ether oxygens (including phenoxy) is 1. The average Bonchev–Trinajstić information content (AvgIpc) is 2.92. The van der Waals surface area contributed by atoms with Crippen molar-refractivity contribution in [2.24, 2.45) is 0 Å². The van der Waals surface area contributed by atoms with Gasteiger partial charge in [-0.3, -0.25) is 4.79 Å². The minimum absolute atomic E-state index is 0.0380. The Hall–Kier alpha value is -1.89.